The van der Waals surface area contributed by atoms with E-state index < -0.39 is 5.97 Å². The van der Waals surface area contributed by atoms with Crippen LogP contribution in [0.5, 0.6) is 0 Å². The fraction of sp³-hybridized carbons (Fsp3) is 0.526. The van der Waals surface area contributed by atoms with E-state index in [9.17, 15) is 14.4 Å². The van der Waals surface area contributed by atoms with E-state index in [1.165, 1.54) is 0 Å². The van der Waals surface area contributed by atoms with Gasteiger partial charge in [-0.1, -0.05) is 13.3 Å². The maximum Gasteiger partial charge on any atom is 0.303 e. The quantitative estimate of drug-likeness (QED) is 0.695. The monoisotopic (exact) mass is 346 g/mol. The van der Waals surface area contributed by atoms with Crippen LogP contribution in [0, 0.1) is 0 Å². The number of carbonyl (C=O) groups is 3. The number of rotatable bonds is 9. The number of anilines is 1. The number of likely N-dealkylation sites (N-methyl/N-ethyl adjacent to an activating group) is 1. The Labute approximate surface area is 148 Å². The molecule has 0 bridgehead atoms. The summed E-state index contributed by atoms with van der Waals surface area (Å²) in [7, 11) is 1.83. The Morgan fingerprint density at radius 3 is 2.68 bits per heavy atom. The van der Waals surface area contributed by atoms with Crippen LogP contribution in [-0.2, 0) is 16.0 Å². The second-order valence-electron chi connectivity index (χ2n) is 6.50. The normalized spacial score (nSPS) is 12.8. The van der Waals surface area contributed by atoms with Crippen molar-refractivity contribution in [2.45, 2.75) is 39.0 Å². The van der Waals surface area contributed by atoms with E-state index in [1.54, 1.807) is 11.0 Å². The van der Waals surface area contributed by atoms with Crippen molar-refractivity contribution >= 4 is 23.3 Å². The Hall–Kier alpha value is -2.37. The number of ketones is 1. The Kier molecular flexibility index (Phi) is 6.56. The van der Waals surface area contributed by atoms with Crippen molar-refractivity contribution in [1.29, 1.82) is 0 Å². The van der Waals surface area contributed by atoms with Gasteiger partial charge in [-0.2, -0.15) is 0 Å². The van der Waals surface area contributed by atoms with Gasteiger partial charge >= 0.3 is 5.97 Å². The number of fused-ring (bicyclic) bond motifs is 1. The Morgan fingerprint density at radius 1 is 1.24 bits per heavy atom. The SMILES string of the molecule is CCCCN(C)C(=O)CN1CCc2cc(C(=O)CCC(=O)O)ccc21. The van der Waals surface area contributed by atoms with Crippen LogP contribution in [0.2, 0.25) is 0 Å². The zero-order valence-corrected chi connectivity index (χ0v) is 15.0. The van der Waals surface area contributed by atoms with E-state index >= 15 is 0 Å². The Balaban J connectivity index is 2.00. The van der Waals surface area contributed by atoms with Crippen LogP contribution in [0.1, 0.15) is 48.5 Å². The first kappa shape index (κ1) is 19.0. The molecule has 0 aliphatic carbocycles. The van der Waals surface area contributed by atoms with Gasteiger partial charge in [0.05, 0.1) is 13.0 Å². The zero-order chi connectivity index (χ0) is 18.4. The number of hydrogen-bond donors (Lipinski definition) is 1. The molecular formula is C19H26N2O4. The number of Topliss-reactive ketones (excluding diaryl/α,β-unsaturated/α-hetero) is 1. The largest absolute Gasteiger partial charge is 0.481 e. The minimum Gasteiger partial charge on any atom is -0.481 e. The molecule has 1 aromatic rings. The third kappa shape index (κ3) is 5.05. The molecule has 1 amide bonds. The first-order valence-electron chi connectivity index (χ1n) is 8.79. The average Bonchev–Trinajstić information content (AvgIpc) is 2.99. The van der Waals surface area contributed by atoms with Crippen LogP contribution >= 0.6 is 0 Å². The van der Waals surface area contributed by atoms with Gasteiger partial charge in [-0.05, 0) is 36.6 Å². The summed E-state index contributed by atoms with van der Waals surface area (Å²) >= 11 is 0. The van der Waals surface area contributed by atoms with Gasteiger partial charge in [-0.25, -0.2) is 0 Å². The molecule has 1 aliphatic rings. The first-order chi connectivity index (χ1) is 11.9. The van der Waals surface area contributed by atoms with Crippen molar-refractivity contribution in [3.63, 3.8) is 0 Å². The van der Waals surface area contributed by atoms with Gasteiger partial charge in [0.25, 0.3) is 0 Å². The van der Waals surface area contributed by atoms with Crippen LogP contribution in [0.25, 0.3) is 0 Å². The molecule has 0 saturated heterocycles. The molecule has 25 heavy (non-hydrogen) atoms. The topological polar surface area (TPSA) is 77.9 Å². The van der Waals surface area contributed by atoms with Crippen molar-refractivity contribution in [1.82, 2.24) is 4.90 Å². The number of amides is 1. The van der Waals surface area contributed by atoms with Gasteiger partial charge in [0.1, 0.15) is 0 Å². The number of carboxylic acid groups (broad SMARTS) is 1. The van der Waals surface area contributed by atoms with Crippen LogP contribution in [0.3, 0.4) is 0 Å². The summed E-state index contributed by atoms with van der Waals surface area (Å²) in [6.45, 7) is 3.98. The highest BCUT2D eigenvalue weighted by Crippen LogP contribution is 2.29. The van der Waals surface area contributed by atoms with Gasteiger partial charge in [0, 0.05) is 37.8 Å². The molecular weight excluding hydrogens is 320 g/mol. The summed E-state index contributed by atoms with van der Waals surface area (Å²) in [5.74, 6) is -1.02. The van der Waals surface area contributed by atoms with Crippen LogP contribution in [-0.4, -0.2) is 54.3 Å². The van der Waals surface area contributed by atoms with Gasteiger partial charge in [-0.3, -0.25) is 14.4 Å². The molecule has 1 aromatic carbocycles. The van der Waals surface area contributed by atoms with E-state index in [2.05, 4.69) is 6.92 Å². The van der Waals surface area contributed by atoms with Crippen LogP contribution in [0.15, 0.2) is 18.2 Å². The maximum atomic E-state index is 12.3. The lowest BCUT2D eigenvalue weighted by Gasteiger charge is -2.23. The average molecular weight is 346 g/mol. The summed E-state index contributed by atoms with van der Waals surface area (Å²) < 4.78 is 0. The fourth-order valence-corrected chi connectivity index (χ4v) is 2.98. The summed E-state index contributed by atoms with van der Waals surface area (Å²) in [5.41, 5.74) is 2.59. The van der Waals surface area contributed by atoms with Crippen molar-refractivity contribution < 1.29 is 19.5 Å². The third-order valence-electron chi connectivity index (χ3n) is 4.56. The molecule has 136 valence electrons. The van der Waals surface area contributed by atoms with Gasteiger partial charge in [0.2, 0.25) is 5.91 Å². The predicted molar refractivity (Wildman–Crippen MR) is 96.1 cm³/mol. The number of carbonyl (C=O) groups excluding carboxylic acids is 2. The molecule has 1 heterocycles. The van der Waals surface area contributed by atoms with Crippen molar-refractivity contribution in [3.05, 3.63) is 29.3 Å². The number of nitrogens with zero attached hydrogens (tertiary/aromatic N) is 2. The van der Waals surface area contributed by atoms with Gasteiger partial charge in [0.15, 0.2) is 5.78 Å². The highest BCUT2D eigenvalue weighted by molar-refractivity contribution is 5.98. The molecule has 0 spiro atoms. The molecule has 0 saturated carbocycles. The number of benzene rings is 1. The lowest BCUT2D eigenvalue weighted by molar-refractivity contribution is -0.137. The van der Waals surface area contributed by atoms with E-state index in [-0.39, 0.29) is 24.5 Å². The van der Waals surface area contributed by atoms with Crippen LogP contribution in [0.4, 0.5) is 5.69 Å². The maximum absolute atomic E-state index is 12.3. The van der Waals surface area contributed by atoms with E-state index in [4.69, 9.17) is 5.11 Å². The molecule has 2 rings (SSSR count). The lowest BCUT2D eigenvalue weighted by atomic mass is 10.0. The molecule has 0 atom stereocenters. The second kappa shape index (κ2) is 8.65. The van der Waals surface area contributed by atoms with Crippen LogP contribution < -0.4 is 4.90 Å². The number of carboxylic acids is 1. The molecule has 6 heteroatoms. The molecule has 0 radical (unpaired) electrons. The van der Waals surface area contributed by atoms with E-state index in [1.807, 2.05) is 24.1 Å². The van der Waals surface area contributed by atoms with Crippen molar-refractivity contribution in [2.24, 2.45) is 0 Å². The highest BCUT2D eigenvalue weighted by Gasteiger charge is 2.23. The van der Waals surface area contributed by atoms with Gasteiger partial charge in [-0.15, -0.1) is 0 Å². The minimum atomic E-state index is -0.966. The molecule has 0 aromatic heterocycles. The standard InChI is InChI=1S/C19H26N2O4/c1-3-4-10-20(2)18(23)13-21-11-9-14-12-15(5-6-16(14)21)17(22)7-8-19(24)25/h5-6,12H,3-4,7-11,13H2,1-2H3,(H,24,25). The summed E-state index contributed by atoms with van der Waals surface area (Å²) in [5, 5.41) is 8.69. The molecule has 6 nitrogen and oxygen atoms in total. The second-order valence-corrected chi connectivity index (χ2v) is 6.50. The van der Waals surface area contributed by atoms with Gasteiger partial charge < -0.3 is 14.9 Å². The third-order valence-corrected chi connectivity index (χ3v) is 4.56. The first-order valence-corrected chi connectivity index (χ1v) is 8.79. The lowest BCUT2D eigenvalue weighted by Crippen LogP contribution is -2.38. The van der Waals surface area contributed by atoms with E-state index in [0.29, 0.717) is 12.1 Å². The number of hydrogen-bond acceptors (Lipinski definition) is 4. The summed E-state index contributed by atoms with van der Waals surface area (Å²) in [4.78, 5) is 38.8. The fourth-order valence-electron chi connectivity index (χ4n) is 2.98. The predicted octanol–water partition coefficient (Wildman–Crippen LogP) is 2.36. The molecule has 0 fully saturated rings. The number of unbranched alkanes of at least 4 members (excludes halogenated alkanes) is 1. The van der Waals surface area contributed by atoms with Crippen molar-refractivity contribution in [3.8, 4) is 0 Å². The molecule has 0 unspecified atom stereocenters. The molecule has 1 N–H and O–H groups in total. The minimum absolute atomic E-state index is 0.0124. The zero-order valence-electron chi connectivity index (χ0n) is 15.0. The summed E-state index contributed by atoms with van der Waals surface area (Å²) in [6.07, 6.45) is 2.71. The van der Waals surface area contributed by atoms with Crippen molar-refractivity contribution in [2.75, 3.05) is 31.6 Å². The smallest absolute Gasteiger partial charge is 0.303 e. The highest BCUT2D eigenvalue weighted by atomic mass is 16.4. The Bertz CT molecular complexity index is 657. The van der Waals surface area contributed by atoms with E-state index in [0.717, 1.165) is 43.6 Å². The summed E-state index contributed by atoms with van der Waals surface area (Å²) in [6, 6.07) is 5.44. The molecule has 1 aliphatic heterocycles. The number of aliphatic carboxylic acids is 1. The Morgan fingerprint density at radius 2 is 2.00 bits per heavy atom.